The monoisotopic (exact) mass is 488 g/mol. The van der Waals surface area contributed by atoms with E-state index in [1.165, 1.54) is 10.3 Å². The molecular formula is C25H29FN2O5S. The largest absolute Gasteiger partial charge is 0.444 e. The van der Waals surface area contributed by atoms with Crippen LogP contribution in [0.25, 0.3) is 16.7 Å². The number of halogens is 1. The van der Waals surface area contributed by atoms with Crippen LogP contribution in [-0.2, 0) is 19.3 Å². The first-order valence-corrected chi connectivity index (χ1v) is 12.8. The number of nitrogens with zero attached hydrogens (tertiary/aromatic N) is 2. The second-order valence-corrected chi connectivity index (χ2v) is 11.9. The highest BCUT2D eigenvalue weighted by molar-refractivity contribution is 7.96. The van der Waals surface area contributed by atoms with Crippen LogP contribution >= 0.6 is 0 Å². The van der Waals surface area contributed by atoms with Crippen LogP contribution in [0.2, 0.25) is 0 Å². The summed E-state index contributed by atoms with van der Waals surface area (Å²) in [4.78, 5) is 18.5. The maximum Gasteiger partial charge on any atom is 0.413 e. The van der Waals surface area contributed by atoms with Gasteiger partial charge >= 0.3 is 6.09 Å². The quantitative estimate of drug-likeness (QED) is 0.609. The van der Waals surface area contributed by atoms with Gasteiger partial charge in [0.1, 0.15) is 24.1 Å². The van der Waals surface area contributed by atoms with Crippen LogP contribution in [0.1, 0.15) is 52.0 Å². The third-order valence-corrected chi connectivity index (χ3v) is 7.13. The van der Waals surface area contributed by atoms with Gasteiger partial charge in [0.2, 0.25) is 0 Å². The van der Waals surface area contributed by atoms with Crippen molar-refractivity contribution in [1.29, 1.82) is 0 Å². The number of rotatable bonds is 4. The molecule has 7 nitrogen and oxygen atoms in total. The molecule has 0 bridgehead atoms. The van der Waals surface area contributed by atoms with E-state index in [1.54, 1.807) is 46.9 Å². The summed E-state index contributed by atoms with van der Waals surface area (Å²) in [6.45, 7) is 7.98. The van der Waals surface area contributed by atoms with Crippen molar-refractivity contribution in [2.45, 2.75) is 58.1 Å². The molecule has 9 heteroatoms. The minimum Gasteiger partial charge on any atom is -0.444 e. The van der Waals surface area contributed by atoms with Crippen LogP contribution in [0.4, 0.5) is 9.18 Å². The smallest absolute Gasteiger partial charge is 0.413 e. The van der Waals surface area contributed by atoms with E-state index in [0.29, 0.717) is 11.3 Å². The van der Waals surface area contributed by atoms with E-state index in [0.717, 1.165) is 16.7 Å². The molecule has 0 saturated carbocycles. The molecule has 2 aliphatic rings. The summed E-state index contributed by atoms with van der Waals surface area (Å²) < 4.78 is 48.5. The number of hydrogen-bond donors (Lipinski definition) is 0. The molecule has 1 aromatic heterocycles. The fourth-order valence-corrected chi connectivity index (χ4v) is 5.34. The molecule has 1 aromatic carbocycles. The molecule has 1 fully saturated rings. The van der Waals surface area contributed by atoms with Gasteiger partial charge in [0, 0.05) is 22.7 Å². The normalized spacial score (nSPS) is 23.2. The Morgan fingerprint density at radius 3 is 2.29 bits per heavy atom. The molecule has 2 atom stereocenters. The molecule has 0 radical (unpaired) electrons. The van der Waals surface area contributed by atoms with Crippen molar-refractivity contribution >= 4 is 21.5 Å². The van der Waals surface area contributed by atoms with Gasteiger partial charge in [-0.1, -0.05) is 30.3 Å². The molecular weight excluding hydrogens is 459 g/mol. The molecule has 34 heavy (non-hydrogen) atoms. The minimum atomic E-state index is -3.06. The van der Waals surface area contributed by atoms with E-state index in [2.05, 4.69) is 4.98 Å². The van der Waals surface area contributed by atoms with E-state index in [9.17, 15) is 17.6 Å². The second kappa shape index (κ2) is 8.46. The van der Waals surface area contributed by atoms with E-state index in [-0.39, 0.29) is 5.75 Å². The van der Waals surface area contributed by atoms with Gasteiger partial charge in [0.05, 0.1) is 17.5 Å². The SMILES string of the molecule is CC(C)(C)OC(=O)N1[C@H](CF)[C@@H](c2ccc(-c3ccc(C4=CS(=O)(=O)C4)nc3)cc2)OC1(C)C. The van der Waals surface area contributed by atoms with Gasteiger partial charge in [-0.3, -0.25) is 9.88 Å². The van der Waals surface area contributed by atoms with Gasteiger partial charge in [-0.15, -0.1) is 0 Å². The predicted octanol–water partition coefficient (Wildman–Crippen LogP) is 4.90. The maximum atomic E-state index is 14.2. The summed E-state index contributed by atoms with van der Waals surface area (Å²) in [5, 5.41) is 1.24. The summed E-state index contributed by atoms with van der Waals surface area (Å²) in [6, 6.07) is 10.3. The Kier molecular flexibility index (Phi) is 6.06. The summed E-state index contributed by atoms with van der Waals surface area (Å²) in [5.41, 5.74) is 2.12. The molecule has 0 unspecified atom stereocenters. The highest BCUT2D eigenvalue weighted by Gasteiger charge is 2.51. The highest BCUT2D eigenvalue weighted by atomic mass is 32.2. The number of amides is 1. The Bertz CT molecular complexity index is 1220. The molecule has 3 heterocycles. The Balaban J connectivity index is 1.53. The zero-order valence-corrected chi connectivity index (χ0v) is 20.7. The van der Waals surface area contributed by atoms with E-state index in [1.807, 2.05) is 30.3 Å². The fourth-order valence-electron chi connectivity index (χ4n) is 4.25. The summed E-state index contributed by atoms with van der Waals surface area (Å²) in [6.07, 6.45) is 0.439. The van der Waals surface area contributed by atoms with Gasteiger partial charge in [0.15, 0.2) is 9.84 Å². The molecule has 1 amide bonds. The van der Waals surface area contributed by atoms with Crippen LogP contribution < -0.4 is 0 Å². The number of benzene rings is 1. The zero-order valence-electron chi connectivity index (χ0n) is 19.9. The number of ether oxygens (including phenoxy) is 2. The topological polar surface area (TPSA) is 85.8 Å². The Morgan fingerprint density at radius 2 is 1.79 bits per heavy atom. The van der Waals surface area contributed by atoms with E-state index < -0.39 is 46.1 Å². The standard InChI is InChI=1S/C25H29FN2O5S/c1-24(2,3)33-23(29)28-21(12-26)22(32-25(28,4)5)17-8-6-16(7-9-17)18-10-11-20(27-13-18)19-14-34(30,31)15-19/h6-11,13-14,21-22H,12,15H2,1-5H3/t21-,22-/m1/s1. The Labute approximate surface area is 199 Å². The molecule has 2 aromatic rings. The van der Waals surface area contributed by atoms with Crippen LogP contribution in [0.5, 0.6) is 0 Å². The third-order valence-electron chi connectivity index (χ3n) is 5.77. The second-order valence-electron chi connectivity index (χ2n) is 10.1. The molecule has 4 rings (SSSR count). The van der Waals surface area contributed by atoms with Crippen molar-refractivity contribution in [3.05, 3.63) is 59.3 Å². The molecule has 1 saturated heterocycles. The van der Waals surface area contributed by atoms with Crippen LogP contribution in [0.3, 0.4) is 0 Å². The van der Waals surface area contributed by atoms with Crippen LogP contribution in [-0.4, -0.2) is 54.2 Å². The summed E-state index contributed by atoms with van der Waals surface area (Å²) >= 11 is 0. The lowest BCUT2D eigenvalue weighted by Crippen LogP contribution is -2.50. The molecule has 0 aliphatic carbocycles. The lowest BCUT2D eigenvalue weighted by Gasteiger charge is -2.34. The molecule has 2 aliphatic heterocycles. The first-order valence-electron chi connectivity index (χ1n) is 11.1. The fraction of sp³-hybridized carbons (Fsp3) is 0.440. The number of pyridine rings is 1. The zero-order chi connectivity index (χ0) is 24.9. The van der Waals surface area contributed by atoms with Crippen LogP contribution in [0, 0.1) is 0 Å². The van der Waals surface area contributed by atoms with Gasteiger partial charge in [-0.2, -0.15) is 0 Å². The van der Waals surface area contributed by atoms with Crippen molar-refractivity contribution in [2.24, 2.45) is 0 Å². The average molecular weight is 489 g/mol. The lowest BCUT2D eigenvalue weighted by molar-refractivity contribution is -0.0797. The number of alkyl halides is 1. The Hall–Kier alpha value is -2.78. The highest BCUT2D eigenvalue weighted by Crippen LogP contribution is 2.42. The van der Waals surface area contributed by atoms with Gasteiger partial charge in [-0.25, -0.2) is 17.6 Å². The molecule has 0 spiro atoms. The van der Waals surface area contributed by atoms with Gasteiger partial charge in [-0.05, 0) is 51.8 Å². The number of carbonyl (C=O) groups is 1. The summed E-state index contributed by atoms with van der Waals surface area (Å²) in [7, 11) is -3.06. The molecule has 0 N–H and O–H groups in total. The van der Waals surface area contributed by atoms with Gasteiger partial charge in [0.25, 0.3) is 0 Å². The van der Waals surface area contributed by atoms with Gasteiger partial charge < -0.3 is 9.47 Å². The minimum absolute atomic E-state index is 0.0157. The van der Waals surface area contributed by atoms with Crippen molar-refractivity contribution in [1.82, 2.24) is 9.88 Å². The first kappa shape index (κ1) is 24.3. The maximum absolute atomic E-state index is 14.2. The van der Waals surface area contributed by atoms with E-state index in [4.69, 9.17) is 9.47 Å². The summed E-state index contributed by atoms with van der Waals surface area (Å²) in [5.74, 6) is 0.0157. The van der Waals surface area contributed by atoms with E-state index >= 15 is 0 Å². The Morgan fingerprint density at radius 1 is 1.18 bits per heavy atom. The number of aromatic nitrogens is 1. The van der Waals surface area contributed by atoms with Crippen molar-refractivity contribution in [2.75, 3.05) is 12.4 Å². The molecule has 182 valence electrons. The van der Waals surface area contributed by atoms with Crippen molar-refractivity contribution in [3.8, 4) is 11.1 Å². The number of carbonyl (C=O) groups excluding carboxylic acids is 1. The first-order chi connectivity index (χ1) is 15.8. The number of hydrogen-bond acceptors (Lipinski definition) is 6. The van der Waals surface area contributed by atoms with Crippen molar-refractivity contribution in [3.63, 3.8) is 0 Å². The van der Waals surface area contributed by atoms with Crippen molar-refractivity contribution < 1.29 is 27.1 Å². The lowest BCUT2D eigenvalue weighted by atomic mass is 9.99. The number of sulfone groups is 1. The van der Waals surface area contributed by atoms with Crippen LogP contribution in [0.15, 0.2) is 48.0 Å². The predicted molar refractivity (Wildman–Crippen MR) is 127 cm³/mol. The third kappa shape index (κ3) is 4.86. The average Bonchev–Trinajstić information content (AvgIpc) is 3.01.